The highest BCUT2D eigenvalue weighted by molar-refractivity contribution is 5.38. The quantitative estimate of drug-likeness (QED) is 0.785. The zero-order valence-electron chi connectivity index (χ0n) is 12.2. The first-order chi connectivity index (χ1) is 9.25. The third kappa shape index (κ3) is 2.93. The van der Waals surface area contributed by atoms with E-state index in [-0.39, 0.29) is 0 Å². The van der Waals surface area contributed by atoms with Gasteiger partial charge in [0.1, 0.15) is 5.75 Å². The molecule has 3 heteroatoms. The van der Waals surface area contributed by atoms with Gasteiger partial charge in [0.15, 0.2) is 5.79 Å². The highest BCUT2D eigenvalue weighted by Gasteiger charge is 2.39. The van der Waals surface area contributed by atoms with E-state index in [1.54, 1.807) is 0 Å². The number of hydrogen-bond acceptors (Lipinski definition) is 3. The van der Waals surface area contributed by atoms with Gasteiger partial charge in [-0.05, 0) is 37.1 Å². The van der Waals surface area contributed by atoms with Crippen LogP contribution >= 0.6 is 0 Å². The fourth-order valence-electron chi connectivity index (χ4n) is 2.71. The second-order valence-electron chi connectivity index (χ2n) is 4.81. The second-order valence-corrected chi connectivity index (χ2v) is 4.81. The van der Waals surface area contributed by atoms with Crippen molar-refractivity contribution in [2.75, 3.05) is 19.8 Å². The molecule has 0 unspecified atom stereocenters. The summed E-state index contributed by atoms with van der Waals surface area (Å²) in [5.41, 5.74) is 2.42. The van der Waals surface area contributed by atoms with E-state index in [1.165, 1.54) is 5.56 Å². The maximum Gasteiger partial charge on any atom is 0.195 e. The number of hydrogen-bond donors (Lipinski definition) is 0. The van der Waals surface area contributed by atoms with Crippen molar-refractivity contribution in [3.63, 3.8) is 0 Å². The molecular weight excluding hydrogens is 240 g/mol. The lowest BCUT2D eigenvalue weighted by atomic mass is 9.94. The lowest BCUT2D eigenvalue weighted by Crippen LogP contribution is -2.28. The molecule has 1 fully saturated rings. The van der Waals surface area contributed by atoms with Gasteiger partial charge >= 0.3 is 0 Å². The van der Waals surface area contributed by atoms with Gasteiger partial charge in [-0.2, -0.15) is 0 Å². The summed E-state index contributed by atoms with van der Waals surface area (Å²) in [5, 5.41) is 0. The van der Waals surface area contributed by atoms with E-state index >= 15 is 0 Å². The number of aryl methyl sites for hydroxylation is 1. The minimum atomic E-state index is -0.537. The predicted molar refractivity (Wildman–Crippen MR) is 75.5 cm³/mol. The van der Waals surface area contributed by atoms with Gasteiger partial charge in [0.05, 0.1) is 19.8 Å². The molecular formula is C16H24O3. The molecule has 0 radical (unpaired) electrons. The van der Waals surface area contributed by atoms with Crippen LogP contribution in [0, 0.1) is 0 Å². The monoisotopic (exact) mass is 264 g/mol. The Morgan fingerprint density at radius 2 is 1.89 bits per heavy atom. The average molecular weight is 264 g/mol. The molecule has 0 saturated carbocycles. The van der Waals surface area contributed by atoms with Crippen LogP contribution in [0.15, 0.2) is 18.2 Å². The third-order valence-electron chi connectivity index (χ3n) is 3.51. The van der Waals surface area contributed by atoms with Gasteiger partial charge in [0.2, 0.25) is 0 Å². The van der Waals surface area contributed by atoms with Crippen LogP contribution in [0.3, 0.4) is 0 Å². The van der Waals surface area contributed by atoms with Crippen LogP contribution < -0.4 is 4.74 Å². The fourth-order valence-corrected chi connectivity index (χ4v) is 2.71. The Morgan fingerprint density at radius 1 is 1.16 bits per heavy atom. The highest BCUT2D eigenvalue weighted by Crippen LogP contribution is 2.39. The largest absolute Gasteiger partial charge is 0.494 e. The van der Waals surface area contributed by atoms with Gasteiger partial charge in [-0.3, -0.25) is 0 Å². The summed E-state index contributed by atoms with van der Waals surface area (Å²) in [6, 6.07) is 6.23. The normalized spacial score (nSPS) is 17.6. The van der Waals surface area contributed by atoms with E-state index in [9.17, 15) is 0 Å². The molecule has 3 nitrogen and oxygen atoms in total. The Hall–Kier alpha value is -1.06. The molecule has 0 N–H and O–H groups in total. The van der Waals surface area contributed by atoms with E-state index < -0.39 is 5.79 Å². The summed E-state index contributed by atoms with van der Waals surface area (Å²) < 4.78 is 17.5. The van der Waals surface area contributed by atoms with Crippen molar-refractivity contribution in [1.82, 2.24) is 0 Å². The van der Waals surface area contributed by atoms with Crippen molar-refractivity contribution >= 4 is 0 Å². The van der Waals surface area contributed by atoms with E-state index in [4.69, 9.17) is 14.2 Å². The first-order valence-corrected chi connectivity index (χ1v) is 7.29. The maximum atomic E-state index is 5.95. The van der Waals surface area contributed by atoms with E-state index in [0.29, 0.717) is 19.8 Å². The molecule has 0 spiro atoms. The molecule has 2 rings (SSSR count). The Bertz CT molecular complexity index is 408. The van der Waals surface area contributed by atoms with Gasteiger partial charge in [-0.1, -0.05) is 20.3 Å². The van der Waals surface area contributed by atoms with Crippen LogP contribution in [0.4, 0.5) is 0 Å². The predicted octanol–water partition coefficient (Wildman–Crippen LogP) is 3.65. The molecule has 19 heavy (non-hydrogen) atoms. The molecule has 1 aromatic rings. The molecule has 106 valence electrons. The Morgan fingerprint density at radius 3 is 2.47 bits per heavy atom. The average Bonchev–Trinajstić information content (AvgIpc) is 2.89. The van der Waals surface area contributed by atoms with Crippen LogP contribution in [0.1, 0.15) is 44.7 Å². The summed E-state index contributed by atoms with van der Waals surface area (Å²) in [5.74, 6) is 0.387. The molecule has 0 aromatic heterocycles. The van der Waals surface area contributed by atoms with Crippen molar-refractivity contribution in [2.24, 2.45) is 0 Å². The minimum Gasteiger partial charge on any atom is -0.494 e. The zero-order chi connectivity index (χ0) is 13.7. The Kier molecular flexibility index (Phi) is 4.83. The van der Waals surface area contributed by atoms with Crippen molar-refractivity contribution in [2.45, 2.75) is 45.8 Å². The summed E-state index contributed by atoms with van der Waals surface area (Å²) in [6.07, 6.45) is 2.89. The van der Waals surface area contributed by atoms with Gasteiger partial charge in [0.25, 0.3) is 0 Å². The first-order valence-electron chi connectivity index (χ1n) is 7.29. The van der Waals surface area contributed by atoms with E-state index in [0.717, 1.165) is 30.6 Å². The minimum absolute atomic E-state index is 0.537. The molecule has 0 aliphatic carbocycles. The van der Waals surface area contributed by atoms with Crippen LogP contribution in [-0.2, 0) is 21.7 Å². The standard InChI is InChI=1S/C16H24O3/c1-4-9-16(18-10-11-19-16)15-8-7-14(17-6-3)12-13(15)5-2/h7-8,12H,4-6,9-11H2,1-3H3. The molecule has 0 bridgehead atoms. The molecule has 0 atom stereocenters. The third-order valence-corrected chi connectivity index (χ3v) is 3.51. The van der Waals surface area contributed by atoms with Gasteiger partial charge < -0.3 is 14.2 Å². The first kappa shape index (κ1) is 14.4. The van der Waals surface area contributed by atoms with E-state index in [2.05, 4.69) is 26.0 Å². The Balaban J connectivity index is 2.36. The lowest BCUT2D eigenvalue weighted by molar-refractivity contribution is -0.171. The second kappa shape index (κ2) is 6.40. The molecule has 1 aliphatic rings. The zero-order valence-corrected chi connectivity index (χ0v) is 12.2. The van der Waals surface area contributed by atoms with Crippen molar-refractivity contribution < 1.29 is 14.2 Å². The van der Waals surface area contributed by atoms with Gasteiger partial charge in [0, 0.05) is 12.0 Å². The van der Waals surface area contributed by atoms with Crippen LogP contribution in [0.2, 0.25) is 0 Å². The van der Waals surface area contributed by atoms with E-state index in [1.807, 2.05) is 13.0 Å². The van der Waals surface area contributed by atoms with Crippen LogP contribution in [0.5, 0.6) is 5.75 Å². The summed E-state index contributed by atoms with van der Waals surface area (Å²) >= 11 is 0. The molecule has 1 aromatic carbocycles. The summed E-state index contributed by atoms with van der Waals surface area (Å²) in [6.45, 7) is 8.36. The molecule has 0 amide bonds. The number of benzene rings is 1. The van der Waals surface area contributed by atoms with Crippen molar-refractivity contribution in [3.8, 4) is 5.75 Å². The SMILES string of the molecule is CCCC1(c2ccc(OCC)cc2CC)OCCO1. The van der Waals surface area contributed by atoms with Crippen molar-refractivity contribution in [1.29, 1.82) is 0 Å². The molecule has 1 aliphatic heterocycles. The fraction of sp³-hybridized carbons (Fsp3) is 0.625. The molecule has 1 saturated heterocycles. The highest BCUT2D eigenvalue weighted by atomic mass is 16.7. The summed E-state index contributed by atoms with van der Waals surface area (Å²) in [4.78, 5) is 0. The van der Waals surface area contributed by atoms with Crippen LogP contribution in [0.25, 0.3) is 0 Å². The number of rotatable bonds is 6. The van der Waals surface area contributed by atoms with Gasteiger partial charge in [-0.25, -0.2) is 0 Å². The topological polar surface area (TPSA) is 27.7 Å². The van der Waals surface area contributed by atoms with Crippen LogP contribution in [-0.4, -0.2) is 19.8 Å². The number of ether oxygens (including phenoxy) is 3. The Labute approximate surface area is 115 Å². The van der Waals surface area contributed by atoms with Crippen molar-refractivity contribution in [3.05, 3.63) is 29.3 Å². The summed E-state index contributed by atoms with van der Waals surface area (Å²) in [7, 11) is 0. The maximum absolute atomic E-state index is 5.95. The van der Waals surface area contributed by atoms with Gasteiger partial charge in [-0.15, -0.1) is 0 Å². The molecule has 1 heterocycles. The lowest BCUT2D eigenvalue weighted by Gasteiger charge is -2.29. The smallest absolute Gasteiger partial charge is 0.195 e.